The zero-order valence-corrected chi connectivity index (χ0v) is 13.0. The summed E-state index contributed by atoms with van der Waals surface area (Å²) in [6, 6.07) is 8.11. The molecule has 0 atom stereocenters. The van der Waals surface area contributed by atoms with Gasteiger partial charge in [0.15, 0.2) is 0 Å². The van der Waals surface area contributed by atoms with Gasteiger partial charge >= 0.3 is 0 Å². The normalized spacial score (nSPS) is 20.8. The predicted molar refractivity (Wildman–Crippen MR) is 80.5 cm³/mol. The van der Waals surface area contributed by atoms with E-state index >= 15 is 0 Å². The molecule has 1 nitrogen and oxygen atoms in total. The highest BCUT2D eigenvalue weighted by atomic mass is 35.5. The third kappa shape index (κ3) is 3.44. The molecule has 0 heterocycles. The molecular weight excluding hydrogens is 277 g/mol. The Morgan fingerprint density at radius 1 is 1.16 bits per heavy atom. The van der Waals surface area contributed by atoms with Crippen LogP contribution in [0.25, 0.3) is 0 Å². The van der Waals surface area contributed by atoms with Crippen molar-refractivity contribution < 1.29 is 0 Å². The van der Waals surface area contributed by atoms with Crippen molar-refractivity contribution in [1.29, 1.82) is 5.26 Å². The van der Waals surface area contributed by atoms with Gasteiger partial charge in [0.1, 0.15) is 0 Å². The minimum Gasteiger partial charge on any atom is -0.198 e. The first-order valence-corrected chi connectivity index (χ1v) is 7.47. The molecule has 0 spiro atoms. The molecule has 0 radical (unpaired) electrons. The quantitative estimate of drug-likeness (QED) is 0.692. The Labute approximate surface area is 125 Å². The monoisotopic (exact) mass is 295 g/mol. The van der Waals surface area contributed by atoms with Crippen LogP contribution in [-0.4, -0.2) is 0 Å². The number of rotatable bonds is 2. The molecular formula is C16H19Cl2N. The van der Waals surface area contributed by atoms with E-state index in [0.717, 1.165) is 37.7 Å². The minimum absolute atomic E-state index is 0.257. The van der Waals surface area contributed by atoms with Crippen LogP contribution in [0.2, 0.25) is 10.0 Å². The fraction of sp³-hybridized carbons (Fsp3) is 0.562. The molecule has 0 amide bonds. The maximum Gasteiger partial charge on any atom is 0.0693 e. The number of halogens is 2. The Kier molecular flexibility index (Phi) is 4.14. The lowest BCUT2D eigenvalue weighted by atomic mass is 9.64. The molecule has 2 rings (SSSR count). The van der Waals surface area contributed by atoms with Crippen LogP contribution in [0, 0.1) is 22.2 Å². The predicted octanol–water partition coefficient (Wildman–Crippen LogP) is 5.65. The summed E-state index contributed by atoms with van der Waals surface area (Å²) in [6.07, 6.45) is 4.85. The Hall–Kier alpha value is -0.710. The Morgan fingerprint density at radius 3 is 2.32 bits per heavy atom. The van der Waals surface area contributed by atoms with Gasteiger partial charge in [0, 0.05) is 10.0 Å². The van der Waals surface area contributed by atoms with Crippen molar-refractivity contribution in [2.45, 2.75) is 46.0 Å². The van der Waals surface area contributed by atoms with Crippen LogP contribution in [0.15, 0.2) is 18.2 Å². The lowest BCUT2D eigenvalue weighted by molar-refractivity contribution is 0.146. The molecule has 0 bridgehead atoms. The van der Waals surface area contributed by atoms with Gasteiger partial charge in [0.2, 0.25) is 0 Å². The van der Waals surface area contributed by atoms with E-state index in [2.05, 4.69) is 19.9 Å². The summed E-state index contributed by atoms with van der Waals surface area (Å²) in [5.41, 5.74) is 1.14. The van der Waals surface area contributed by atoms with E-state index in [9.17, 15) is 5.26 Å². The van der Waals surface area contributed by atoms with Crippen LogP contribution in [-0.2, 0) is 6.42 Å². The van der Waals surface area contributed by atoms with Gasteiger partial charge < -0.3 is 0 Å². The van der Waals surface area contributed by atoms with Crippen LogP contribution in [0.5, 0.6) is 0 Å². The van der Waals surface area contributed by atoms with Crippen LogP contribution < -0.4 is 0 Å². The van der Waals surface area contributed by atoms with Crippen molar-refractivity contribution in [2.75, 3.05) is 0 Å². The standard InChI is InChI=1S/C16H19Cl2N/c1-15(2)5-7-16(11-19,8-6-15)10-12-3-4-13(17)9-14(12)18/h3-4,9H,5-8,10H2,1-2H3. The number of benzene rings is 1. The molecule has 102 valence electrons. The molecule has 0 unspecified atom stereocenters. The van der Waals surface area contributed by atoms with E-state index in [-0.39, 0.29) is 5.41 Å². The van der Waals surface area contributed by atoms with Crippen LogP contribution in [0.4, 0.5) is 0 Å². The summed E-state index contributed by atoms with van der Waals surface area (Å²) in [5.74, 6) is 0. The smallest absolute Gasteiger partial charge is 0.0693 e. The van der Waals surface area contributed by atoms with Crippen LogP contribution >= 0.6 is 23.2 Å². The van der Waals surface area contributed by atoms with Crippen molar-refractivity contribution >= 4 is 23.2 Å². The molecule has 1 aromatic carbocycles. The third-order valence-electron chi connectivity index (χ3n) is 4.34. The molecule has 19 heavy (non-hydrogen) atoms. The van der Waals surface area contributed by atoms with Gasteiger partial charge in [-0.3, -0.25) is 0 Å². The van der Waals surface area contributed by atoms with Crippen molar-refractivity contribution in [3.05, 3.63) is 33.8 Å². The van der Waals surface area contributed by atoms with Crippen molar-refractivity contribution in [3.8, 4) is 6.07 Å². The van der Waals surface area contributed by atoms with Gasteiger partial charge in [0.05, 0.1) is 11.5 Å². The first kappa shape index (κ1) is 14.7. The molecule has 3 heteroatoms. The summed E-state index contributed by atoms with van der Waals surface area (Å²) < 4.78 is 0. The van der Waals surface area contributed by atoms with E-state index in [1.54, 1.807) is 6.07 Å². The van der Waals surface area contributed by atoms with Crippen LogP contribution in [0.1, 0.15) is 45.1 Å². The minimum atomic E-state index is -0.257. The fourth-order valence-electron chi connectivity index (χ4n) is 2.76. The van der Waals surface area contributed by atoms with Gasteiger partial charge in [-0.1, -0.05) is 43.1 Å². The summed E-state index contributed by atoms with van der Waals surface area (Å²) in [7, 11) is 0. The topological polar surface area (TPSA) is 23.8 Å². The molecule has 1 aliphatic carbocycles. The summed E-state index contributed by atoms with van der Waals surface area (Å²) >= 11 is 12.1. The number of hydrogen-bond donors (Lipinski definition) is 0. The van der Waals surface area contributed by atoms with Crippen molar-refractivity contribution in [2.24, 2.45) is 10.8 Å². The second-order valence-corrected chi connectivity index (χ2v) is 7.31. The lowest BCUT2D eigenvalue weighted by Crippen LogP contribution is -2.31. The number of nitriles is 1. The average molecular weight is 296 g/mol. The third-order valence-corrected chi connectivity index (χ3v) is 4.93. The molecule has 1 saturated carbocycles. The average Bonchev–Trinajstić information content (AvgIpc) is 2.36. The summed E-state index contributed by atoms with van der Waals surface area (Å²) in [6.45, 7) is 4.56. The molecule has 0 aliphatic heterocycles. The van der Waals surface area contributed by atoms with Crippen LogP contribution in [0.3, 0.4) is 0 Å². The molecule has 1 aliphatic rings. The molecule has 0 aromatic heterocycles. The zero-order chi connectivity index (χ0) is 14.1. The van der Waals surface area contributed by atoms with E-state index in [1.165, 1.54) is 0 Å². The largest absolute Gasteiger partial charge is 0.198 e. The lowest BCUT2D eigenvalue weighted by Gasteiger charge is -2.39. The molecule has 0 N–H and O–H groups in total. The molecule has 1 fully saturated rings. The van der Waals surface area contributed by atoms with E-state index in [4.69, 9.17) is 23.2 Å². The van der Waals surface area contributed by atoms with Gasteiger partial charge in [-0.05, 0) is 55.2 Å². The maximum atomic E-state index is 9.60. The van der Waals surface area contributed by atoms with E-state index in [1.807, 2.05) is 12.1 Å². The van der Waals surface area contributed by atoms with E-state index < -0.39 is 0 Å². The van der Waals surface area contributed by atoms with E-state index in [0.29, 0.717) is 15.5 Å². The first-order valence-electron chi connectivity index (χ1n) is 6.71. The second kappa shape index (κ2) is 5.35. The Bertz CT molecular complexity index is 504. The molecule has 0 saturated heterocycles. The second-order valence-electron chi connectivity index (χ2n) is 6.47. The molecule has 1 aromatic rings. The highest BCUT2D eigenvalue weighted by Gasteiger charge is 2.38. The Balaban J connectivity index is 2.18. The van der Waals surface area contributed by atoms with Gasteiger partial charge in [-0.15, -0.1) is 0 Å². The zero-order valence-electron chi connectivity index (χ0n) is 11.5. The summed E-state index contributed by atoms with van der Waals surface area (Å²) in [4.78, 5) is 0. The van der Waals surface area contributed by atoms with Gasteiger partial charge in [-0.2, -0.15) is 5.26 Å². The van der Waals surface area contributed by atoms with Gasteiger partial charge in [-0.25, -0.2) is 0 Å². The van der Waals surface area contributed by atoms with Gasteiger partial charge in [0.25, 0.3) is 0 Å². The fourth-order valence-corrected chi connectivity index (χ4v) is 3.24. The van der Waals surface area contributed by atoms with Crippen molar-refractivity contribution in [3.63, 3.8) is 0 Å². The van der Waals surface area contributed by atoms with Crippen molar-refractivity contribution in [1.82, 2.24) is 0 Å². The maximum absolute atomic E-state index is 9.60. The highest BCUT2D eigenvalue weighted by molar-refractivity contribution is 6.35. The SMILES string of the molecule is CC1(C)CCC(C#N)(Cc2ccc(Cl)cc2Cl)CC1. The first-order chi connectivity index (χ1) is 8.86. The number of nitrogens with zero attached hydrogens (tertiary/aromatic N) is 1. The number of hydrogen-bond acceptors (Lipinski definition) is 1. The highest BCUT2D eigenvalue weighted by Crippen LogP contribution is 2.47. The summed E-state index contributed by atoms with van der Waals surface area (Å²) in [5, 5.41) is 10.9. The Morgan fingerprint density at radius 2 is 1.79 bits per heavy atom.